The van der Waals surface area contributed by atoms with Crippen molar-refractivity contribution >= 4 is 28.9 Å². The van der Waals surface area contributed by atoms with E-state index in [1.54, 1.807) is 27.7 Å². The van der Waals surface area contributed by atoms with E-state index >= 15 is 0 Å². The van der Waals surface area contributed by atoms with E-state index in [9.17, 15) is 32.7 Å². The molecule has 0 aliphatic carbocycles. The Balaban J connectivity index is 1.76. The molecule has 2 atom stereocenters. The minimum absolute atomic E-state index is 0.149. The van der Waals surface area contributed by atoms with Gasteiger partial charge in [-0.3, -0.25) is 4.79 Å². The van der Waals surface area contributed by atoms with Crippen LogP contribution in [0.15, 0.2) is 18.2 Å². The molecule has 1 aliphatic heterocycles. The highest BCUT2D eigenvalue weighted by molar-refractivity contribution is 5.88. The van der Waals surface area contributed by atoms with Crippen LogP contribution in [-0.2, 0) is 25.5 Å². The molecular formula is C26H32F3N3O7. The van der Waals surface area contributed by atoms with E-state index in [1.807, 2.05) is 0 Å². The lowest BCUT2D eigenvalue weighted by Crippen LogP contribution is -2.46. The fourth-order valence-electron chi connectivity index (χ4n) is 4.56. The standard InChI is InChI=1S/C26H32F3N3O7/c1-14-22(34)17(18-11-16(38-26(27,28)29)7-9-19(18)31-14)8-6-15-10-20(23(35)37-5)32(13-15)21(33)12-30-24(36)39-25(2,3)4/h7,9,11,15,20,34H,6,8,10,12-13H2,1-5H3,(H,30,36). The highest BCUT2D eigenvalue weighted by Crippen LogP contribution is 2.36. The Morgan fingerprint density at radius 1 is 1.21 bits per heavy atom. The predicted molar refractivity (Wildman–Crippen MR) is 133 cm³/mol. The number of pyridine rings is 1. The van der Waals surface area contributed by atoms with Crippen molar-refractivity contribution < 1.29 is 46.9 Å². The molecule has 2 amide bonds. The van der Waals surface area contributed by atoms with Crippen molar-refractivity contribution in [3.05, 3.63) is 29.5 Å². The molecule has 3 rings (SSSR count). The summed E-state index contributed by atoms with van der Waals surface area (Å²) < 4.78 is 52.3. The molecule has 0 saturated carbocycles. The summed E-state index contributed by atoms with van der Waals surface area (Å²) in [6, 6.07) is 2.83. The van der Waals surface area contributed by atoms with Crippen molar-refractivity contribution in [2.24, 2.45) is 5.92 Å². The number of rotatable bonds is 7. The van der Waals surface area contributed by atoms with Crippen LogP contribution in [-0.4, -0.2) is 71.2 Å². The molecule has 2 aromatic rings. The first-order valence-electron chi connectivity index (χ1n) is 12.3. The second kappa shape index (κ2) is 11.5. The lowest BCUT2D eigenvalue weighted by Gasteiger charge is -2.24. The molecule has 10 nitrogen and oxygen atoms in total. The van der Waals surface area contributed by atoms with Gasteiger partial charge >= 0.3 is 18.4 Å². The zero-order chi connectivity index (χ0) is 29.1. The number of esters is 1. The zero-order valence-corrected chi connectivity index (χ0v) is 22.3. The molecule has 2 heterocycles. The summed E-state index contributed by atoms with van der Waals surface area (Å²) >= 11 is 0. The van der Waals surface area contributed by atoms with Gasteiger partial charge in [0, 0.05) is 17.5 Å². The largest absolute Gasteiger partial charge is 0.573 e. The number of hydrogen-bond acceptors (Lipinski definition) is 8. The van der Waals surface area contributed by atoms with Crippen molar-refractivity contribution in [2.75, 3.05) is 20.2 Å². The summed E-state index contributed by atoms with van der Waals surface area (Å²) in [7, 11) is 1.21. The van der Waals surface area contributed by atoms with Gasteiger partial charge in [-0.25, -0.2) is 14.6 Å². The van der Waals surface area contributed by atoms with E-state index in [-0.39, 0.29) is 37.6 Å². The number of methoxy groups -OCH3 is 1. The highest BCUT2D eigenvalue weighted by atomic mass is 19.4. The average Bonchev–Trinajstić information content (AvgIpc) is 3.25. The van der Waals surface area contributed by atoms with E-state index < -0.39 is 41.7 Å². The van der Waals surface area contributed by atoms with Gasteiger partial charge in [0.15, 0.2) is 0 Å². The number of halogens is 3. The fourth-order valence-corrected chi connectivity index (χ4v) is 4.56. The number of nitrogens with one attached hydrogen (secondary N) is 1. The van der Waals surface area contributed by atoms with Gasteiger partial charge < -0.3 is 29.5 Å². The third-order valence-corrected chi connectivity index (χ3v) is 6.21. The summed E-state index contributed by atoms with van der Waals surface area (Å²) in [5.41, 5.74) is 0.335. The molecule has 1 aliphatic rings. The Morgan fingerprint density at radius 3 is 2.51 bits per heavy atom. The molecule has 0 radical (unpaired) electrons. The van der Waals surface area contributed by atoms with Crippen LogP contribution < -0.4 is 10.1 Å². The molecule has 0 spiro atoms. The number of aryl methyl sites for hydroxylation is 2. The van der Waals surface area contributed by atoms with E-state index in [0.717, 1.165) is 6.07 Å². The number of likely N-dealkylation sites (tertiary alicyclic amines) is 1. The summed E-state index contributed by atoms with van der Waals surface area (Å²) in [6.07, 6.45) is -4.75. The maximum atomic E-state index is 12.9. The van der Waals surface area contributed by atoms with E-state index in [1.165, 1.54) is 24.1 Å². The predicted octanol–water partition coefficient (Wildman–Crippen LogP) is 3.99. The number of alkyl halides is 3. The van der Waals surface area contributed by atoms with Crippen LogP contribution in [0.5, 0.6) is 11.5 Å². The van der Waals surface area contributed by atoms with Gasteiger partial charge in [0.1, 0.15) is 29.7 Å². The van der Waals surface area contributed by atoms with Gasteiger partial charge in [-0.05, 0) is 71.1 Å². The third-order valence-electron chi connectivity index (χ3n) is 6.21. The van der Waals surface area contributed by atoms with Gasteiger partial charge in [-0.2, -0.15) is 0 Å². The number of benzene rings is 1. The van der Waals surface area contributed by atoms with Crippen LogP contribution in [0.4, 0.5) is 18.0 Å². The second-order valence-corrected chi connectivity index (χ2v) is 10.3. The number of carbonyl (C=O) groups excluding carboxylic acids is 3. The molecule has 13 heteroatoms. The van der Waals surface area contributed by atoms with E-state index in [4.69, 9.17) is 9.47 Å². The lowest BCUT2D eigenvalue weighted by atomic mass is 9.94. The molecule has 39 heavy (non-hydrogen) atoms. The molecule has 1 saturated heterocycles. The quantitative estimate of drug-likeness (QED) is 0.491. The second-order valence-electron chi connectivity index (χ2n) is 10.3. The van der Waals surface area contributed by atoms with Crippen molar-refractivity contribution in [3.8, 4) is 11.5 Å². The fraction of sp³-hybridized carbons (Fsp3) is 0.538. The van der Waals surface area contributed by atoms with Crippen LogP contribution in [0, 0.1) is 12.8 Å². The number of alkyl carbamates (subject to hydrolysis) is 1. The number of fused-ring (bicyclic) bond motifs is 1. The van der Waals surface area contributed by atoms with Gasteiger partial charge in [0.2, 0.25) is 5.91 Å². The van der Waals surface area contributed by atoms with Crippen molar-refractivity contribution in [1.82, 2.24) is 15.2 Å². The van der Waals surface area contributed by atoms with Gasteiger partial charge in [-0.15, -0.1) is 13.2 Å². The van der Waals surface area contributed by atoms with Crippen molar-refractivity contribution in [3.63, 3.8) is 0 Å². The van der Waals surface area contributed by atoms with Crippen molar-refractivity contribution in [2.45, 2.75) is 65.0 Å². The molecule has 1 fully saturated rings. The Hall–Kier alpha value is -3.77. The Morgan fingerprint density at radius 2 is 1.90 bits per heavy atom. The Bertz CT molecular complexity index is 1240. The van der Waals surface area contributed by atoms with Gasteiger partial charge in [0.05, 0.1) is 18.3 Å². The van der Waals surface area contributed by atoms with Crippen LogP contribution >= 0.6 is 0 Å². The van der Waals surface area contributed by atoms with E-state index in [0.29, 0.717) is 28.6 Å². The van der Waals surface area contributed by atoms with Crippen LogP contribution in [0.25, 0.3) is 10.9 Å². The molecule has 2 N–H and O–H groups in total. The summed E-state index contributed by atoms with van der Waals surface area (Å²) in [5, 5.41) is 13.4. The van der Waals surface area contributed by atoms with E-state index in [2.05, 4.69) is 15.0 Å². The number of aromatic hydroxyl groups is 1. The Kier molecular flexibility index (Phi) is 8.81. The van der Waals surface area contributed by atoms with Crippen LogP contribution in [0.2, 0.25) is 0 Å². The first kappa shape index (κ1) is 29.8. The molecular weight excluding hydrogens is 523 g/mol. The normalized spacial score (nSPS) is 17.7. The number of carbonyl (C=O) groups is 3. The molecule has 2 unspecified atom stereocenters. The smallest absolute Gasteiger partial charge is 0.506 e. The molecule has 0 bridgehead atoms. The first-order chi connectivity index (χ1) is 18.1. The van der Waals surface area contributed by atoms with Gasteiger partial charge in [0.25, 0.3) is 0 Å². The summed E-state index contributed by atoms with van der Waals surface area (Å²) in [4.78, 5) is 42.8. The monoisotopic (exact) mass is 555 g/mol. The number of aromatic nitrogens is 1. The number of amides is 2. The minimum atomic E-state index is -4.88. The topological polar surface area (TPSA) is 127 Å². The summed E-state index contributed by atoms with van der Waals surface area (Å²) in [6.45, 7) is 6.43. The third kappa shape index (κ3) is 7.87. The maximum absolute atomic E-state index is 12.9. The number of hydrogen-bond donors (Lipinski definition) is 2. The average molecular weight is 556 g/mol. The van der Waals surface area contributed by atoms with Gasteiger partial charge in [-0.1, -0.05) is 0 Å². The number of ether oxygens (including phenoxy) is 3. The number of nitrogens with zero attached hydrogens (tertiary/aromatic N) is 2. The lowest BCUT2D eigenvalue weighted by molar-refractivity contribution is -0.274. The van der Waals surface area contributed by atoms with Crippen LogP contribution in [0.3, 0.4) is 0 Å². The zero-order valence-electron chi connectivity index (χ0n) is 22.3. The maximum Gasteiger partial charge on any atom is 0.573 e. The SMILES string of the molecule is COC(=O)C1CC(CCc2c(O)c(C)nc3ccc(OC(F)(F)F)cc23)CN1C(=O)CNC(=O)OC(C)(C)C. The summed E-state index contributed by atoms with van der Waals surface area (Å²) in [5.74, 6) is -1.89. The molecule has 1 aromatic carbocycles. The molecule has 1 aromatic heterocycles. The van der Waals surface area contributed by atoms with Crippen LogP contribution in [0.1, 0.15) is 44.9 Å². The molecule has 214 valence electrons. The first-order valence-corrected chi connectivity index (χ1v) is 12.3. The van der Waals surface area contributed by atoms with Crippen molar-refractivity contribution in [1.29, 1.82) is 0 Å². The Labute approximate surface area is 223 Å². The highest BCUT2D eigenvalue weighted by Gasteiger charge is 2.40. The minimum Gasteiger partial charge on any atom is -0.506 e.